The second-order valence-electron chi connectivity index (χ2n) is 5.76. The highest BCUT2D eigenvalue weighted by molar-refractivity contribution is 5.68. The minimum atomic E-state index is -0.431. The number of likely N-dealkylation sites (tertiary alicyclic amines) is 1. The van der Waals surface area contributed by atoms with Crippen LogP contribution in [-0.4, -0.2) is 48.7 Å². The van der Waals surface area contributed by atoms with E-state index in [2.05, 4.69) is 0 Å². The molecule has 5 heteroatoms. The van der Waals surface area contributed by atoms with Crippen molar-refractivity contribution in [2.75, 3.05) is 26.5 Å². The Balaban J connectivity index is 1.84. The van der Waals surface area contributed by atoms with E-state index in [1.54, 1.807) is 4.90 Å². The molecule has 0 aliphatic carbocycles. The number of carbonyl (C=O) groups excluding carboxylic acids is 1. The lowest BCUT2D eigenvalue weighted by molar-refractivity contribution is -0.0488. The van der Waals surface area contributed by atoms with Crippen LogP contribution in [0.25, 0.3) is 0 Å². The Labute approximate surface area is 102 Å². The van der Waals surface area contributed by atoms with Gasteiger partial charge in [-0.1, -0.05) is 0 Å². The number of rotatable bonds is 0. The van der Waals surface area contributed by atoms with Crippen LogP contribution in [0.15, 0.2) is 0 Å². The number of piperidine rings is 1. The molecule has 2 fully saturated rings. The second-order valence-corrected chi connectivity index (χ2v) is 5.76. The van der Waals surface area contributed by atoms with Gasteiger partial charge in [-0.15, -0.1) is 0 Å². The second kappa shape index (κ2) is 4.46. The van der Waals surface area contributed by atoms with Gasteiger partial charge in [0, 0.05) is 13.1 Å². The maximum Gasteiger partial charge on any atom is 0.410 e. The topological polar surface area (TPSA) is 48.0 Å². The molecule has 0 bridgehead atoms. The van der Waals surface area contributed by atoms with Gasteiger partial charge in [0.2, 0.25) is 0 Å². The molecule has 2 aliphatic rings. The number of hydrogen-bond acceptors (Lipinski definition) is 4. The Morgan fingerprint density at radius 1 is 1.29 bits per heavy atom. The molecule has 17 heavy (non-hydrogen) atoms. The summed E-state index contributed by atoms with van der Waals surface area (Å²) >= 11 is 0. The molecule has 2 aliphatic heterocycles. The minimum absolute atomic E-state index is 0.154. The highest BCUT2D eigenvalue weighted by Crippen LogP contribution is 2.31. The summed E-state index contributed by atoms with van der Waals surface area (Å²) in [6.07, 6.45) is 1.42. The molecule has 0 aromatic carbocycles. The van der Waals surface area contributed by atoms with Crippen molar-refractivity contribution in [3.8, 4) is 0 Å². The number of hydrogen-bond donors (Lipinski definition) is 0. The first-order chi connectivity index (χ1) is 7.90. The van der Waals surface area contributed by atoms with Gasteiger partial charge in [-0.25, -0.2) is 4.79 Å². The van der Waals surface area contributed by atoms with Gasteiger partial charge in [-0.05, 0) is 33.6 Å². The maximum absolute atomic E-state index is 11.8. The van der Waals surface area contributed by atoms with Gasteiger partial charge in [-0.2, -0.15) is 0 Å². The fourth-order valence-corrected chi connectivity index (χ4v) is 2.15. The molecule has 0 aromatic heterocycles. The van der Waals surface area contributed by atoms with E-state index in [0.717, 1.165) is 12.8 Å². The zero-order valence-corrected chi connectivity index (χ0v) is 10.8. The molecular weight excluding hydrogens is 222 g/mol. The Hall–Kier alpha value is -0.810. The van der Waals surface area contributed by atoms with E-state index < -0.39 is 5.60 Å². The molecule has 0 unspecified atom stereocenters. The third-order valence-corrected chi connectivity index (χ3v) is 3.14. The molecule has 5 nitrogen and oxygen atoms in total. The Kier molecular flexibility index (Phi) is 3.32. The first-order valence-electron chi connectivity index (χ1n) is 6.10. The van der Waals surface area contributed by atoms with Gasteiger partial charge >= 0.3 is 6.09 Å². The molecule has 0 aromatic rings. The molecular formula is C12H21NO4. The van der Waals surface area contributed by atoms with Crippen LogP contribution in [0, 0.1) is 0 Å². The molecule has 2 saturated heterocycles. The summed E-state index contributed by atoms with van der Waals surface area (Å²) in [5, 5.41) is 0. The molecule has 98 valence electrons. The van der Waals surface area contributed by atoms with Gasteiger partial charge in [0.15, 0.2) is 0 Å². The summed E-state index contributed by atoms with van der Waals surface area (Å²) in [6, 6.07) is 0. The van der Waals surface area contributed by atoms with Crippen molar-refractivity contribution in [1.82, 2.24) is 4.90 Å². The van der Waals surface area contributed by atoms with Crippen molar-refractivity contribution < 1.29 is 19.0 Å². The van der Waals surface area contributed by atoms with Crippen LogP contribution in [0.2, 0.25) is 0 Å². The summed E-state index contributed by atoms with van der Waals surface area (Å²) in [7, 11) is 0. The van der Waals surface area contributed by atoms with Crippen molar-refractivity contribution in [2.24, 2.45) is 0 Å². The number of nitrogens with zero attached hydrogens (tertiary/aromatic N) is 1. The summed E-state index contributed by atoms with van der Waals surface area (Å²) in [5.41, 5.74) is -0.586. The molecule has 1 amide bonds. The SMILES string of the molecule is CC(C)(C)OC(=O)N1CCC2(CC1)COCO2. The van der Waals surface area contributed by atoms with Gasteiger partial charge < -0.3 is 19.1 Å². The summed E-state index contributed by atoms with van der Waals surface area (Å²) < 4.78 is 16.2. The van der Waals surface area contributed by atoms with Crippen molar-refractivity contribution in [3.63, 3.8) is 0 Å². The standard InChI is InChI=1S/C12H21NO4/c1-11(2,3)17-10(14)13-6-4-12(5-7-13)8-15-9-16-12/h4-9H2,1-3H3. The third kappa shape index (κ3) is 3.10. The minimum Gasteiger partial charge on any atom is -0.444 e. The Bertz CT molecular complexity index is 281. The van der Waals surface area contributed by atoms with Crippen molar-refractivity contribution >= 4 is 6.09 Å². The van der Waals surface area contributed by atoms with Crippen LogP contribution in [0.5, 0.6) is 0 Å². The highest BCUT2D eigenvalue weighted by Gasteiger charge is 2.41. The third-order valence-electron chi connectivity index (χ3n) is 3.14. The summed E-state index contributed by atoms with van der Waals surface area (Å²) in [6.45, 7) is 8.02. The average Bonchev–Trinajstić information content (AvgIpc) is 2.65. The van der Waals surface area contributed by atoms with Crippen molar-refractivity contribution in [3.05, 3.63) is 0 Å². The first-order valence-corrected chi connectivity index (χ1v) is 6.10. The van der Waals surface area contributed by atoms with E-state index in [4.69, 9.17) is 14.2 Å². The van der Waals surface area contributed by atoms with Crippen molar-refractivity contribution in [2.45, 2.75) is 44.8 Å². The molecule has 1 spiro atoms. The molecule has 0 atom stereocenters. The lowest BCUT2D eigenvalue weighted by atomic mass is 9.92. The number of ether oxygens (including phenoxy) is 3. The Morgan fingerprint density at radius 2 is 1.94 bits per heavy atom. The molecule has 2 heterocycles. The molecule has 0 N–H and O–H groups in total. The lowest BCUT2D eigenvalue weighted by Crippen LogP contribution is -2.49. The largest absolute Gasteiger partial charge is 0.444 e. The fourth-order valence-electron chi connectivity index (χ4n) is 2.15. The van der Waals surface area contributed by atoms with Gasteiger partial charge in [0.25, 0.3) is 0 Å². The monoisotopic (exact) mass is 243 g/mol. The van der Waals surface area contributed by atoms with Gasteiger partial charge in [-0.3, -0.25) is 0 Å². The van der Waals surface area contributed by atoms with E-state index in [-0.39, 0.29) is 11.7 Å². The first kappa shape index (κ1) is 12.6. The summed E-state index contributed by atoms with van der Waals surface area (Å²) in [4.78, 5) is 13.6. The predicted octanol–water partition coefficient (Wildman–Crippen LogP) is 1.76. The zero-order chi connectivity index (χ0) is 12.5. The van der Waals surface area contributed by atoms with Crippen LogP contribution in [0.1, 0.15) is 33.6 Å². The highest BCUT2D eigenvalue weighted by atomic mass is 16.7. The lowest BCUT2D eigenvalue weighted by Gasteiger charge is -2.37. The van der Waals surface area contributed by atoms with E-state index in [1.807, 2.05) is 20.8 Å². The molecule has 0 saturated carbocycles. The fraction of sp³-hybridized carbons (Fsp3) is 0.917. The van der Waals surface area contributed by atoms with Crippen molar-refractivity contribution in [1.29, 1.82) is 0 Å². The van der Waals surface area contributed by atoms with E-state index in [9.17, 15) is 4.79 Å². The normalized spacial score (nSPS) is 24.1. The number of amides is 1. The van der Waals surface area contributed by atoms with Crippen LogP contribution in [-0.2, 0) is 14.2 Å². The van der Waals surface area contributed by atoms with E-state index >= 15 is 0 Å². The van der Waals surface area contributed by atoms with Crippen LogP contribution >= 0.6 is 0 Å². The molecule has 0 radical (unpaired) electrons. The van der Waals surface area contributed by atoms with Crippen LogP contribution < -0.4 is 0 Å². The quantitative estimate of drug-likeness (QED) is 0.650. The van der Waals surface area contributed by atoms with E-state index in [0.29, 0.717) is 26.5 Å². The smallest absolute Gasteiger partial charge is 0.410 e. The van der Waals surface area contributed by atoms with E-state index in [1.165, 1.54) is 0 Å². The van der Waals surface area contributed by atoms with Gasteiger partial charge in [0.05, 0.1) is 12.2 Å². The van der Waals surface area contributed by atoms with Crippen LogP contribution in [0.4, 0.5) is 4.79 Å². The Morgan fingerprint density at radius 3 is 2.41 bits per heavy atom. The van der Waals surface area contributed by atoms with Gasteiger partial charge in [0.1, 0.15) is 12.4 Å². The average molecular weight is 243 g/mol. The maximum atomic E-state index is 11.8. The predicted molar refractivity (Wildman–Crippen MR) is 61.7 cm³/mol. The number of carbonyl (C=O) groups is 1. The zero-order valence-electron chi connectivity index (χ0n) is 10.8. The van der Waals surface area contributed by atoms with Crippen LogP contribution in [0.3, 0.4) is 0 Å². The molecule has 2 rings (SSSR count). The summed E-state index contributed by atoms with van der Waals surface area (Å²) in [5.74, 6) is 0.